The molecule has 3 rings (SSSR count). The van der Waals surface area contributed by atoms with Crippen molar-refractivity contribution in [3.05, 3.63) is 0 Å². The zero-order valence-electron chi connectivity index (χ0n) is 11.5. The Bertz CT molecular complexity index is 338. The average Bonchev–Trinajstić information content (AvgIpc) is 2.67. The molecular weight excluding hydrogens is 224 g/mol. The van der Waals surface area contributed by atoms with E-state index in [2.05, 4.69) is 6.92 Å². The quantitative estimate of drug-likeness (QED) is 0.817. The first-order valence-corrected chi connectivity index (χ1v) is 7.79. The number of hydrogen-bond acceptors (Lipinski definition) is 2. The molecule has 3 aliphatic carbocycles. The van der Waals surface area contributed by atoms with Crippen molar-refractivity contribution in [1.82, 2.24) is 0 Å². The summed E-state index contributed by atoms with van der Waals surface area (Å²) < 4.78 is 0. The molecule has 3 aliphatic rings. The number of rotatable bonds is 2. The Morgan fingerprint density at radius 1 is 1.28 bits per heavy atom. The number of Topliss-reactive ketones (excluding diaryl/α,β-unsaturated/α-hetero) is 1. The van der Waals surface area contributed by atoms with Crippen LogP contribution in [0.2, 0.25) is 0 Å². The molecule has 3 fully saturated rings. The molecular formula is C16H26O2. The van der Waals surface area contributed by atoms with Gasteiger partial charge in [0.05, 0.1) is 0 Å². The van der Waals surface area contributed by atoms with E-state index in [1.165, 1.54) is 25.7 Å². The highest BCUT2D eigenvalue weighted by Crippen LogP contribution is 2.58. The fourth-order valence-electron chi connectivity index (χ4n) is 5.29. The second kappa shape index (κ2) is 4.63. The molecule has 0 spiro atoms. The molecule has 0 saturated heterocycles. The Morgan fingerprint density at radius 3 is 2.89 bits per heavy atom. The minimum Gasteiger partial charge on any atom is -0.396 e. The number of carbonyl (C=O) groups excluding carboxylic acids is 1. The molecule has 18 heavy (non-hydrogen) atoms. The monoisotopic (exact) mass is 250 g/mol. The van der Waals surface area contributed by atoms with Gasteiger partial charge in [0.15, 0.2) is 0 Å². The molecule has 0 aromatic heterocycles. The van der Waals surface area contributed by atoms with Crippen molar-refractivity contribution in [2.24, 2.45) is 29.1 Å². The first-order valence-electron chi connectivity index (χ1n) is 7.79. The second-order valence-corrected chi connectivity index (χ2v) is 7.14. The van der Waals surface area contributed by atoms with Crippen molar-refractivity contribution in [3.63, 3.8) is 0 Å². The normalized spacial score (nSPS) is 47.8. The molecule has 102 valence electrons. The molecule has 3 unspecified atom stereocenters. The van der Waals surface area contributed by atoms with Gasteiger partial charge in [0.1, 0.15) is 5.78 Å². The maximum atomic E-state index is 12.1. The fraction of sp³-hybridized carbons (Fsp3) is 0.938. The molecule has 0 aliphatic heterocycles. The highest BCUT2D eigenvalue weighted by Gasteiger charge is 2.54. The zero-order valence-corrected chi connectivity index (χ0v) is 11.5. The van der Waals surface area contributed by atoms with Crippen molar-refractivity contribution in [2.75, 3.05) is 6.61 Å². The summed E-state index contributed by atoms with van der Waals surface area (Å²) in [6.07, 6.45) is 9.27. The molecule has 0 aromatic carbocycles. The third-order valence-corrected chi connectivity index (χ3v) is 6.38. The Hall–Kier alpha value is -0.370. The van der Waals surface area contributed by atoms with Crippen LogP contribution in [0.3, 0.4) is 0 Å². The Kier molecular flexibility index (Phi) is 3.25. The molecule has 0 amide bonds. The fourth-order valence-corrected chi connectivity index (χ4v) is 5.29. The molecule has 5 atom stereocenters. The minimum atomic E-state index is 0.0327. The smallest absolute Gasteiger partial charge is 0.139 e. The summed E-state index contributed by atoms with van der Waals surface area (Å²) in [4.78, 5) is 12.1. The molecule has 1 N–H and O–H groups in total. The predicted molar refractivity (Wildman–Crippen MR) is 71.1 cm³/mol. The van der Waals surface area contributed by atoms with E-state index in [4.69, 9.17) is 5.11 Å². The van der Waals surface area contributed by atoms with Crippen LogP contribution < -0.4 is 0 Å². The van der Waals surface area contributed by atoms with E-state index in [-0.39, 0.29) is 5.41 Å². The van der Waals surface area contributed by atoms with Gasteiger partial charge in [-0.3, -0.25) is 4.79 Å². The summed E-state index contributed by atoms with van der Waals surface area (Å²) >= 11 is 0. The van der Waals surface area contributed by atoms with Crippen LogP contribution in [0.5, 0.6) is 0 Å². The molecule has 2 heteroatoms. The maximum Gasteiger partial charge on any atom is 0.139 e. The summed E-state index contributed by atoms with van der Waals surface area (Å²) in [5, 5.41) is 9.10. The summed E-state index contributed by atoms with van der Waals surface area (Å²) in [5.74, 6) is 3.63. The second-order valence-electron chi connectivity index (χ2n) is 7.14. The van der Waals surface area contributed by atoms with Gasteiger partial charge in [-0.25, -0.2) is 0 Å². The van der Waals surface area contributed by atoms with Gasteiger partial charge in [0.2, 0.25) is 0 Å². The van der Waals surface area contributed by atoms with Crippen LogP contribution in [0.25, 0.3) is 0 Å². The highest BCUT2D eigenvalue weighted by molar-refractivity contribution is 5.87. The molecule has 2 nitrogen and oxygen atoms in total. The van der Waals surface area contributed by atoms with Crippen molar-refractivity contribution in [1.29, 1.82) is 0 Å². The van der Waals surface area contributed by atoms with Crippen LogP contribution in [-0.4, -0.2) is 17.5 Å². The summed E-state index contributed by atoms with van der Waals surface area (Å²) in [6.45, 7) is 2.59. The van der Waals surface area contributed by atoms with Crippen LogP contribution in [-0.2, 0) is 4.79 Å². The van der Waals surface area contributed by atoms with Gasteiger partial charge < -0.3 is 5.11 Å². The number of carbonyl (C=O) groups is 1. The van der Waals surface area contributed by atoms with Crippen LogP contribution >= 0.6 is 0 Å². The van der Waals surface area contributed by atoms with Gasteiger partial charge >= 0.3 is 0 Å². The average molecular weight is 250 g/mol. The van der Waals surface area contributed by atoms with E-state index in [0.29, 0.717) is 18.3 Å². The van der Waals surface area contributed by atoms with Gasteiger partial charge in [0.25, 0.3) is 0 Å². The number of hydrogen-bond donors (Lipinski definition) is 1. The van der Waals surface area contributed by atoms with Crippen molar-refractivity contribution in [3.8, 4) is 0 Å². The number of ketones is 1. The largest absolute Gasteiger partial charge is 0.396 e. The number of aliphatic hydroxyl groups excluding tert-OH is 1. The topological polar surface area (TPSA) is 37.3 Å². The standard InChI is InChI=1S/C16H26O2/c1-16-8-6-12-10-11(7-9-17)2-3-13(12)14(16)4-5-15(16)18/h11-14,17H,2-10H2,1H3/t11-,12?,13?,14?,16-/m0/s1. The van der Waals surface area contributed by atoms with Crippen molar-refractivity contribution >= 4 is 5.78 Å². The molecule has 0 heterocycles. The van der Waals surface area contributed by atoms with E-state index in [0.717, 1.165) is 43.4 Å². The lowest BCUT2D eigenvalue weighted by Crippen LogP contribution is -2.44. The van der Waals surface area contributed by atoms with E-state index in [1.54, 1.807) is 0 Å². The molecule has 0 aromatic rings. The third kappa shape index (κ3) is 1.84. The minimum absolute atomic E-state index is 0.0327. The summed E-state index contributed by atoms with van der Waals surface area (Å²) in [6, 6.07) is 0. The van der Waals surface area contributed by atoms with Gasteiger partial charge in [-0.05, 0) is 62.2 Å². The van der Waals surface area contributed by atoms with Crippen LogP contribution in [0.1, 0.15) is 58.3 Å². The van der Waals surface area contributed by atoms with Crippen molar-refractivity contribution < 1.29 is 9.90 Å². The number of fused-ring (bicyclic) bond motifs is 3. The maximum absolute atomic E-state index is 12.1. The lowest BCUT2D eigenvalue weighted by molar-refractivity contribution is -0.130. The number of aliphatic hydroxyl groups is 1. The van der Waals surface area contributed by atoms with Gasteiger partial charge in [-0.2, -0.15) is 0 Å². The van der Waals surface area contributed by atoms with E-state index in [1.807, 2.05) is 0 Å². The summed E-state index contributed by atoms with van der Waals surface area (Å²) in [7, 11) is 0. The van der Waals surface area contributed by atoms with Gasteiger partial charge in [-0.15, -0.1) is 0 Å². The van der Waals surface area contributed by atoms with E-state index >= 15 is 0 Å². The molecule has 0 radical (unpaired) electrons. The first-order chi connectivity index (χ1) is 8.65. The Morgan fingerprint density at radius 2 is 2.11 bits per heavy atom. The molecule has 0 bridgehead atoms. The lowest BCUT2D eigenvalue weighted by Gasteiger charge is -2.49. The Balaban J connectivity index is 1.73. The van der Waals surface area contributed by atoms with Crippen LogP contribution in [0.4, 0.5) is 0 Å². The van der Waals surface area contributed by atoms with Gasteiger partial charge in [-0.1, -0.05) is 13.3 Å². The third-order valence-electron chi connectivity index (χ3n) is 6.38. The molecule has 3 saturated carbocycles. The SMILES string of the molecule is C[C@]12CCC3C[C@H](CCO)CCC3C1CCC2=O. The van der Waals surface area contributed by atoms with Crippen LogP contribution in [0, 0.1) is 29.1 Å². The lowest BCUT2D eigenvalue weighted by atomic mass is 9.55. The first kappa shape index (κ1) is 12.7. The van der Waals surface area contributed by atoms with Crippen LogP contribution in [0.15, 0.2) is 0 Å². The predicted octanol–water partition coefficient (Wildman–Crippen LogP) is 3.18. The highest BCUT2D eigenvalue weighted by atomic mass is 16.3. The van der Waals surface area contributed by atoms with Gasteiger partial charge in [0, 0.05) is 18.4 Å². The van der Waals surface area contributed by atoms with Crippen molar-refractivity contribution in [2.45, 2.75) is 58.3 Å². The zero-order chi connectivity index (χ0) is 12.8. The Labute approximate surface area is 110 Å². The van der Waals surface area contributed by atoms with E-state index in [9.17, 15) is 4.79 Å². The van der Waals surface area contributed by atoms with E-state index < -0.39 is 0 Å². The summed E-state index contributed by atoms with van der Waals surface area (Å²) in [5.41, 5.74) is 0.0327.